The summed E-state index contributed by atoms with van der Waals surface area (Å²) in [5.74, 6) is 1.13. The third-order valence-electron chi connectivity index (χ3n) is 3.10. The number of hydrogen-bond acceptors (Lipinski definition) is 1. The molecular formula is C15H21N2. The molecule has 1 radical (unpaired) electrons. The molecule has 2 aromatic rings. The normalized spacial score (nSPS) is 11.1. The van der Waals surface area contributed by atoms with E-state index in [0.717, 1.165) is 29.7 Å². The number of hydrogen-bond donors (Lipinski definition) is 1. The van der Waals surface area contributed by atoms with Gasteiger partial charge in [-0.1, -0.05) is 51.2 Å². The van der Waals surface area contributed by atoms with Crippen LogP contribution >= 0.6 is 0 Å². The number of aromatic amines is 1. The SMILES string of the molecule is [CH2]CCCCCCCc1nc2ccccc2[nH]1. The second kappa shape index (κ2) is 6.43. The van der Waals surface area contributed by atoms with E-state index < -0.39 is 0 Å². The number of rotatable bonds is 7. The maximum Gasteiger partial charge on any atom is 0.107 e. The van der Waals surface area contributed by atoms with Crippen molar-refractivity contribution in [2.75, 3.05) is 0 Å². The molecule has 0 amide bonds. The number of para-hydroxylation sites is 2. The minimum absolute atomic E-state index is 1.07. The molecule has 1 N–H and O–H groups in total. The first-order chi connectivity index (χ1) is 8.40. The second-order valence-corrected chi connectivity index (χ2v) is 4.57. The van der Waals surface area contributed by atoms with Crippen molar-refractivity contribution in [2.24, 2.45) is 0 Å². The molecule has 0 spiro atoms. The standard InChI is InChI=1S/C15H21N2/c1-2-3-4-5-6-7-12-15-16-13-10-8-9-11-14(13)17-15/h8-11H,1-7,12H2,(H,16,17). The van der Waals surface area contributed by atoms with Crippen LogP contribution in [-0.4, -0.2) is 9.97 Å². The lowest BCUT2D eigenvalue weighted by atomic mass is 10.1. The van der Waals surface area contributed by atoms with E-state index in [1.54, 1.807) is 0 Å². The summed E-state index contributed by atoms with van der Waals surface area (Å²) in [6, 6.07) is 8.22. The molecule has 1 aromatic carbocycles. The number of aromatic nitrogens is 2. The number of benzene rings is 1. The van der Waals surface area contributed by atoms with Crippen molar-refractivity contribution in [3.63, 3.8) is 0 Å². The molecule has 0 aliphatic rings. The zero-order valence-electron chi connectivity index (χ0n) is 10.4. The van der Waals surface area contributed by atoms with E-state index >= 15 is 0 Å². The fourth-order valence-corrected chi connectivity index (χ4v) is 2.12. The van der Waals surface area contributed by atoms with Gasteiger partial charge < -0.3 is 4.98 Å². The average molecular weight is 229 g/mol. The molecule has 2 rings (SSSR count). The van der Waals surface area contributed by atoms with E-state index in [2.05, 4.69) is 29.0 Å². The molecule has 1 heterocycles. The van der Waals surface area contributed by atoms with Gasteiger partial charge in [0.1, 0.15) is 5.82 Å². The topological polar surface area (TPSA) is 28.7 Å². The van der Waals surface area contributed by atoms with E-state index in [-0.39, 0.29) is 0 Å². The summed E-state index contributed by atoms with van der Waals surface area (Å²) in [6.45, 7) is 3.86. The Morgan fingerprint density at radius 1 is 1.00 bits per heavy atom. The van der Waals surface area contributed by atoms with E-state index in [0.29, 0.717) is 0 Å². The van der Waals surface area contributed by atoms with Crippen LogP contribution in [0.1, 0.15) is 44.3 Å². The number of aryl methyl sites for hydroxylation is 1. The highest BCUT2D eigenvalue weighted by atomic mass is 14.9. The highest BCUT2D eigenvalue weighted by Gasteiger charge is 2.01. The van der Waals surface area contributed by atoms with Crippen LogP contribution < -0.4 is 0 Å². The Morgan fingerprint density at radius 2 is 1.76 bits per heavy atom. The molecule has 0 aliphatic carbocycles. The molecule has 0 unspecified atom stereocenters. The van der Waals surface area contributed by atoms with E-state index in [9.17, 15) is 0 Å². The van der Waals surface area contributed by atoms with Crippen molar-refractivity contribution in [3.05, 3.63) is 37.0 Å². The molecule has 91 valence electrons. The summed E-state index contributed by atoms with van der Waals surface area (Å²) in [4.78, 5) is 7.96. The van der Waals surface area contributed by atoms with Crippen LogP contribution in [0.15, 0.2) is 24.3 Å². The van der Waals surface area contributed by atoms with Gasteiger partial charge in [0.25, 0.3) is 0 Å². The minimum Gasteiger partial charge on any atom is -0.342 e. The van der Waals surface area contributed by atoms with Gasteiger partial charge in [0, 0.05) is 6.42 Å². The molecule has 0 saturated heterocycles. The Kier molecular flexibility index (Phi) is 4.60. The lowest BCUT2D eigenvalue weighted by Crippen LogP contribution is -1.88. The molecule has 0 bridgehead atoms. The highest BCUT2D eigenvalue weighted by molar-refractivity contribution is 5.74. The quantitative estimate of drug-likeness (QED) is 0.705. The summed E-state index contributed by atoms with van der Waals surface area (Å²) in [7, 11) is 0. The number of imidazole rings is 1. The van der Waals surface area contributed by atoms with Gasteiger partial charge in [-0.3, -0.25) is 0 Å². The second-order valence-electron chi connectivity index (χ2n) is 4.57. The van der Waals surface area contributed by atoms with Gasteiger partial charge in [0.15, 0.2) is 0 Å². The number of fused-ring (bicyclic) bond motifs is 1. The minimum atomic E-state index is 1.07. The van der Waals surface area contributed by atoms with Crippen LogP contribution in [0.5, 0.6) is 0 Å². The molecule has 2 heteroatoms. The van der Waals surface area contributed by atoms with Crippen molar-refractivity contribution < 1.29 is 0 Å². The smallest absolute Gasteiger partial charge is 0.107 e. The van der Waals surface area contributed by atoms with Crippen LogP contribution in [0.2, 0.25) is 0 Å². The summed E-state index contributed by atoms with van der Waals surface area (Å²) in [5, 5.41) is 0. The predicted molar refractivity (Wildman–Crippen MR) is 72.9 cm³/mol. The maximum absolute atomic E-state index is 4.58. The van der Waals surface area contributed by atoms with Gasteiger partial charge in [0.2, 0.25) is 0 Å². The molecule has 0 aliphatic heterocycles. The van der Waals surface area contributed by atoms with Crippen molar-refractivity contribution in [2.45, 2.75) is 44.9 Å². The van der Waals surface area contributed by atoms with Crippen molar-refractivity contribution in [1.29, 1.82) is 0 Å². The molecule has 0 fully saturated rings. The Hall–Kier alpha value is -1.31. The summed E-state index contributed by atoms with van der Waals surface area (Å²) in [5.41, 5.74) is 2.24. The van der Waals surface area contributed by atoms with Crippen molar-refractivity contribution >= 4 is 11.0 Å². The van der Waals surface area contributed by atoms with Crippen LogP contribution in [-0.2, 0) is 6.42 Å². The summed E-state index contributed by atoms with van der Waals surface area (Å²) < 4.78 is 0. The average Bonchev–Trinajstić information content (AvgIpc) is 2.76. The Balaban J connectivity index is 1.75. The van der Waals surface area contributed by atoms with Crippen LogP contribution in [0.25, 0.3) is 11.0 Å². The molecule has 17 heavy (non-hydrogen) atoms. The Bertz CT molecular complexity index is 412. The summed E-state index contributed by atoms with van der Waals surface area (Å²) in [6.07, 6.45) is 8.60. The first-order valence-electron chi connectivity index (χ1n) is 6.63. The van der Waals surface area contributed by atoms with Gasteiger partial charge in [-0.05, 0) is 18.6 Å². The lowest BCUT2D eigenvalue weighted by molar-refractivity contribution is 0.611. The Labute approximate surface area is 103 Å². The first kappa shape index (κ1) is 12.2. The predicted octanol–water partition coefficient (Wildman–Crippen LogP) is 4.28. The molecule has 1 aromatic heterocycles. The molecule has 2 nitrogen and oxygen atoms in total. The number of H-pyrrole nitrogens is 1. The largest absolute Gasteiger partial charge is 0.342 e. The lowest BCUT2D eigenvalue weighted by Gasteiger charge is -1.98. The molecule has 0 saturated carbocycles. The fourth-order valence-electron chi connectivity index (χ4n) is 2.12. The number of unbranched alkanes of at least 4 members (excludes halogenated alkanes) is 5. The zero-order chi connectivity index (χ0) is 11.9. The number of nitrogens with one attached hydrogen (secondary N) is 1. The Morgan fingerprint density at radius 3 is 2.59 bits per heavy atom. The first-order valence-corrected chi connectivity index (χ1v) is 6.63. The van der Waals surface area contributed by atoms with Crippen molar-refractivity contribution in [3.8, 4) is 0 Å². The van der Waals surface area contributed by atoms with Gasteiger partial charge in [-0.2, -0.15) is 0 Å². The van der Waals surface area contributed by atoms with E-state index in [1.165, 1.54) is 32.1 Å². The van der Waals surface area contributed by atoms with Crippen LogP contribution in [0, 0.1) is 6.92 Å². The van der Waals surface area contributed by atoms with Gasteiger partial charge >= 0.3 is 0 Å². The highest BCUT2D eigenvalue weighted by Crippen LogP contribution is 2.13. The maximum atomic E-state index is 4.58. The molecule has 0 atom stereocenters. The molecular weight excluding hydrogens is 208 g/mol. The number of nitrogens with zero attached hydrogens (tertiary/aromatic N) is 1. The monoisotopic (exact) mass is 229 g/mol. The fraction of sp³-hybridized carbons (Fsp3) is 0.467. The third kappa shape index (κ3) is 3.58. The van der Waals surface area contributed by atoms with E-state index in [4.69, 9.17) is 0 Å². The zero-order valence-corrected chi connectivity index (χ0v) is 10.4. The van der Waals surface area contributed by atoms with Crippen LogP contribution in [0.3, 0.4) is 0 Å². The van der Waals surface area contributed by atoms with Crippen molar-refractivity contribution in [1.82, 2.24) is 9.97 Å². The van der Waals surface area contributed by atoms with Crippen LogP contribution in [0.4, 0.5) is 0 Å². The van der Waals surface area contributed by atoms with Gasteiger partial charge in [-0.15, -0.1) is 0 Å². The third-order valence-corrected chi connectivity index (χ3v) is 3.10. The van der Waals surface area contributed by atoms with Gasteiger partial charge in [-0.25, -0.2) is 4.98 Å². The van der Waals surface area contributed by atoms with E-state index in [1.807, 2.05) is 12.1 Å². The summed E-state index contributed by atoms with van der Waals surface area (Å²) >= 11 is 0. The van der Waals surface area contributed by atoms with Gasteiger partial charge in [0.05, 0.1) is 11.0 Å².